The SMILES string of the molecule is CCCCN(CCCC)CCc1cc(C(=O)O)ccc1N(CCCC)CCN(CCCC)CCCC. The number of carbonyl (C=O) groups is 1. The highest BCUT2D eigenvalue weighted by atomic mass is 16.4. The van der Waals surface area contributed by atoms with Gasteiger partial charge >= 0.3 is 5.97 Å². The lowest BCUT2D eigenvalue weighted by Gasteiger charge is -2.31. The number of hydrogen-bond acceptors (Lipinski definition) is 4. The van der Waals surface area contributed by atoms with Crippen LogP contribution in [0, 0.1) is 0 Å². The van der Waals surface area contributed by atoms with Crippen LogP contribution in [0.4, 0.5) is 5.69 Å². The molecule has 208 valence electrons. The molecule has 0 heterocycles. The van der Waals surface area contributed by atoms with Crippen molar-refractivity contribution in [2.24, 2.45) is 0 Å². The molecule has 0 saturated carbocycles. The Hall–Kier alpha value is -1.59. The van der Waals surface area contributed by atoms with Crippen LogP contribution in [0.1, 0.15) is 115 Å². The number of unbranched alkanes of at least 4 members (excludes halogenated alkanes) is 5. The molecule has 36 heavy (non-hydrogen) atoms. The molecule has 0 spiro atoms. The van der Waals surface area contributed by atoms with E-state index in [2.05, 4.69) is 55.4 Å². The van der Waals surface area contributed by atoms with E-state index in [1.165, 1.54) is 75.7 Å². The van der Waals surface area contributed by atoms with Crippen LogP contribution in [0.15, 0.2) is 18.2 Å². The van der Waals surface area contributed by atoms with Crippen LogP contribution in [0.25, 0.3) is 0 Å². The first-order valence-electron chi connectivity index (χ1n) is 15.1. The predicted octanol–water partition coefficient (Wildman–Crippen LogP) is 7.34. The summed E-state index contributed by atoms with van der Waals surface area (Å²) < 4.78 is 0. The average molecular weight is 504 g/mol. The number of nitrogens with zero attached hydrogens (tertiary/aromatic N) is 3. The van der Waals surface area contributed by atoms with E-state index in [-0.39, 0.29) is 0 Å². The lowest BCUT2D eigenvalue weighted by molar-refractivity contribution is 0.0696. The molecule has 0 bridgehead atoms. The van der Waals surface area contributed by atoms with Crippen LogP contribution in [0.3, 0.4) is 0 Å². The minimum Gasteiger partial charge on any atom is -0.478 e. The number of benzene rings is 1. The van der Waals surface area contributed by atoms with Crippen molar-refractivity contribution in [3.8, 4) is 0 Å². The first kappa shape index (κ1) is 32.4. The molecule has 1 N–H and O–H groups in total. The van der Waals surface area contributed by atoms with Crippen molar-refractivity contribution in [1.29, 1.82) is 0 Å². The average Bonchev–Trinajstić information content (AvgIpc) is 2.89. The molecule has 5 heteroatoms. The molecule has 0 radical (unpaired) electrons. The van der Waals surface area contributed by atoms with E-state index < -0.39 is 5.97 Å². The van der Waals surface area contributed by atoms with E-state index in [9.17, 15) is 9.90 Å². The number of carboxylic acid groups (broad SMARTS) is 1. The summed E-state index contributed by atoms with van der Waals surface area (Å²) in [5.41, 5.74) is 2.84. The smallest absolute Gasteiger partial charge is 0.335 e. The van der Waals surface area contributed by atoms with Crippen LogP contribution >= 0.6 is 0 Å². The van der Waals surface area contributed by atoms with Crippen molar-refractivity contribution >= 4 is 11.7 Å². The van der Waals surface area contributed by atoms with E-state index in [1.54, 1.807) is 6.07 Å². The third-order valence-electron chi connectivity index (χ3n) is 7.14. The second-order valence-electron chi connectivity index (χ2n) is 10.3. The third-order valence-corrected chi connectivity index (χ3v) is 7.14. The quantitative estimate of drug-likeness (QED) is 0.169. The standard InChI is InChI=1S/C31H57N3O2/c1-6-11-19-32(20-12-7-2)24-18-28-27-29(31(35)36)16-17-30(28)34(23-15-10-5)26-25-33(21-13-8-3)22-14-9-4/h16-17,27H,6-15,18-26H2,1-5H3,(H,35,36). The highest BCUT2D eigenvalue weighted by Gasteiger charge is 2.17. The maximum atomic E-state index is 11.8. The van der Waals surface area contributed by atoms with Crippen molar-refractivity contribution < 1.29 is 9.90 Å². The van der Waals surface area contributed by atoms with Crippen molar-refractivity contribution in [3.05, 3.63) is 29.3 Å². The molecule has 5 nitrogen and oxygen atoms in total. The summed E-state index contributed by atoms with van der Waals surface area (Å²) in [5, 5.41) is 9.70. The van der Waals surface area contributed by atoms with Gasteiger partial charge in [-0.3, -0.25) is 0 Å². The Bertz CT molecular complexity index is 678. The minimum absolute atomic E-state index is 0.408. The molecule has 0 saturated heterocycles. The summed E-state index contributed by atoms with van der Waals surface area (Å²) in [5.74, 6) is -0.831. The first-order valence-corrected chi connectivity index (χ1v) is 15.1. The fraction of sp³-hybridized carbons (Fsp3) is 0.774. The van der Waals surface area contributed by atoms with Crippen molar-refractivity contribution in [1.82, 2.24) is 9.80 Å². The molecular formula is C31H57N3O2. The summed E-state index contributed by atoms with van der Waals surface area (Å²) in [7, 11) is 0. The summed E-state index contributed by atoms with van der Waals surface area (Å²) in [4.78, 5) is 19.6. The van der Waals surface area contributed by atoms with Gasteiger partial charge in [0.2, 0.25) is 0 Å². The van der Waals surface area contributed by atoms with E-state index in [4.69, 9.17) is 0 Å². The molecule has 1 rings (SSSR count). The maximum Gasteiger partial charge on any atom is 0.335 e. The normalized spacial score (nSPS) is 11.5. The number of anilines is 1. The van der Waals surface area contributed by atoms with E-state index in [0.717, 1.165) is 58.5 Å². The fourth-order valence-corrected chi connectivity index (χ4v) is 4.67. The summed E-state index contributed by atoms with van der Waals surface area (Å²) >= 11 is 0. The fourth-order valence-electron chi connectivity index (χ4n) is 4.67. The Balaban J connectivity index is 3.12. The van der Waals surface area contributed by atoms with Gasteiger partial charge in [-0.05, 0) is 88.5 Å². The topological polar surface area (TPSA) is 47.0 Å². The van der Waals surface area contributed by atoms with Gasteiger partial charge in [0.1, 0.15) is 0 Å². The van der Waals surface area contributed by atoms with Crippen molar-refractivity contribution in [3.63, 3.8) is 0 Å². The van der Waals surface area contributed by atoms with Gasteiger partial charge in [0.05, 0.1) is 5.56 Å². The Morgan fingerprint density at radius 2 is 1.11 bits per heavy atom. The first-order chi connectivity index (χ1) is 17.5. The molecule has 0 aliphatic rings. The zero-order chi connectivity index (χ0) is 26.6. The van der Waals surface area contributed by atoms with Gasteiger partial charge in [-0.1, -0.05) is 66.7 Å². The van der Waals surface area contributed by atoms with Crippen LogP contribution in [0.5, 0.6) is 0 Å². The molecular weight excluding hydrogens is 446 g/mol. The van der Waals surface area contributed by atoms with Crippen LogP contribution in [0.2, 0.25) is 0 Å². The highest BCUT2D eigenvalue weighted by molar-refractivity contribution is 5.88. The molecule has 0 aliphatic carbocycles. The Morgan fingerprint density at radius 1 is 0.639 bits per heavy atom. The van der Waals surface area contributed by atoms with E-state index in [1.807, 2.05) is 6.07 Å². The van der Waals surface area contributed by atoms with Gasteiger partial charge in [-0.15, -0.1) is 0 Å². The molecule has 1 aromatic carbocycles. The Morgan fingerprint density at radius 3 is 1.58 bits per heavy atom. The largest absolute Gasteiger partial charge is 0.478 e. The molecule has 0 unspecified atom stereocenters. The number of carboxylic acids is 1. The zero-order valence-electron chi connectivity index (χ0n) is 24.4. The zero-order valence-corrected chi connectivity index (χ0v) is 24.4. The van der Waals surface area contributed by atoms with Crippen LogP contribution in [-0.4, -0.2) is 73.2 Å². The van der Waals surface area contributed by atoms with Crippen LogP contribution in [-0.2, 0) is 6.42 Å². The molecule has 0 aromatic heterocycles. The summed E-state index contributed by atoms with van der Waals surface area (Å²) in [6.45, 7) is 20.0. The molecule has 0 aliphatic heterocycles. The van der Waals surface area contributed by atoms with Crippen molar-refractivity contribution in [2.45, 2.75) is 105 Å². The molecule has 0 amide bonds. The lowest BCUT2D eigenvalue weighted by atomic mass is 10.0. The Labute approximate surface area is 223 Å². The van der Waals surface area contributed by atoms with Gasteiger partial charge in [0.15, 0.2) is 0 Å². The van der Waals surface area contributed by atoms with Crippen LogP contribution < -0.4 is 4.90 Å². The van der Waals surface area contributed by atoms with E-state index >= 15 is 0 Å². The number of hydrogen-bond donors (Lipinski definition) is 1. The second-order valence-corrected chi connectivity index (χ2v) is 10.3. The third kappa shape index (κ3) is 13.1. The van der Waals surface area contributed by atoms with Crippen molar-refractivity contribution in [2.75, 3.05) is 57.3 Å². The maximum absolute atomic E-state index is 11.8. The summed E-state index contributed by atoms with van der Waals surface area (Å²) in [6.07, 6.45) is 13.1. The predicted molar refractivity (Wildman–Crippen MR) is 157 cm³/mol. The molecule has 0 atom stereocenters. The van der Waals surface area contributed by atoms with E-state index in [0.29, 0.717) is 5.56 Å². The second kappa shape index (κ2) is 20.5. The molecule has 0 fully saturated rings. The minimum atomic E-state index is -0.831. The number of aromatic carboxylic acids is 1. The van der Waals surface area contributed by atoms with Gasteiger partial charge in [-0.2, -0.15) is 0 Å². The Kier molecular flexibility index (Phi) is 18.4. The van der Waals surface area contributed by atoms with Gasteiger partial charge in [0, 0.05) is 31.9 Å². The highest BCUT2D eigenvalue weighted by Crippen LogP contribution is 2.24. The lowest BCUT2D eigenvalue weighted by Crippen LogP contribution is -2.37. The van der Waals surface area contributed by atoms with Gasteiger partial charge in [-0.25, -0.2) is 4.79 Å². The van der Waals surface area contributed by atoms with Gasteiger partial charge in [0.25, 0.3) is 0 Å². The summed E-state index contributed by atoms with van der Waals surface area (Å²) in [6, 6.07) is 5.83. The molecule has 1 aromatic rings. The number of rotatable bonds is 23. The van der Waals surface area contributed by atoms with Gasteiger partial charge < -0.3 is 19.8 Å². The monoisotopic (exact) mass is 503 g/mol.